The van der Waals surface area contributed by atoms with Crippen LogP contribution < -0.4 is 10.3 Å². The van der Waals surface area contributed by atoms with Crippen molar-refractivity contribution < 1.29 is 18.3 Å². The van der Waals surface area contributed by atoms with Gasteiger partial charge in [0.2, 0.25) is 10.0 Å². The van der Waals surface area contributed by atoms with Gasteiger partial charge in [0, 0.05) is 49.1 Å². The van der Waals surface area contributed by atoms with Gasteiger partial charge in [-0.3, -0.25) is 4.79 Å². The minimum atomic E-state index is -3.60. The van der Waals surface area contributed by atoms with Gasteiger partial charge in [-0.05, 0) is 57.0 Å². The van der Waals surface area contributed by atoms with Crippen LogP contribution in [0.2, 0.25) is 0 Å². The minimum Gasteiger partial charge on any atom is -0.507 e. The number of nitrogens with zero attached hydrogens (tertiary/aromatic N) is 3. The van der Waals surface area contributed by atoms with Crippen molar-refractivity contribution in [2.75, 3.05) is 31.1 Å². The third kappa shape index (κ3) is 5.23. The van der Waals surface area contributed by atoms with Gasteiger partial charge in [-0.15, -0.1) is 0 Å². The predicted octanol–water partition coefficient (Wildman–Crippen LogP) is 2.79. The van der Waals surface area contributed by atoms with Crippen molar-refractivity contribution in [2.45, 2.75) is 31.6 Å². The Balaban J connectivity index is 1.69. The van der Waals surface area contributed by atoms with Gasteiger partial charge in [0.05, 0.1) is 11.1 Å². The number of phenols is 1. The fourth-order valence-corrected chi connectivity index (χ4v) is 5.09. The zero-order chi connectivity index (χ0) is 22.4. The van der Waals surface area contributed by atoms with Gasteiger partial charge < -0.3 is 10.0 Å². The van der Waals surface area contributed by atoms with Crippen molar-refractivity contribution in [3.63, 3.8) is 0 Å². The first-order chi connectivity index (χ1) is 14.9. The summed E-state index contributed by atoms with van der Waals surface area (Å²) in [6, 6.07) is 11.2. The van der Waals surface area contributed by atoms with E-state index in [1.807, 2.05) is 19.9 Å². The topological polar surface area (TPSA) is 102 Å². The maximum Gasteiger partial charge on any atom is 0.271 e. The molecule has 31 heavy (non-hydrogen) atoms. The predicted molar refractivity (Wildman–Crippen MR) is 121 cm³/mol. The second kappa shape index (κ2) is 9.93. The van der Waals surface area contributed by atoms with Crippen molar-refractivity contribution in [2.24, 2.45) is 5.10 Å². The summed E-state index contributed by atoms with van der Waals surface area (Å²) in [4.78, 5) is 14.6. The number of carbonyl (C=O) groups excluding carboxylic acids is 1. The van der Waals surface area contributed by atoms with Crippen molar-refractivity contribution in [1.82, 2.24) is 9.73 Å². The van der Waals surface area contributed by atoms with E-state index in [0.717, 1.165) is 31.6 Å². The SMILES string of the molecule is CCN(CC)c1ccc(/C=N/NC(=O)c2cccc(S(=O)(=O)N3CCCC3)c2)c(O)c1. The van der Waals surface area contributed by atoms with Crippen LogP contribution in [0.25, 0.3) is 0 Å². The van der Waals surface area contributed by atoms with Crippen LogP contribution in [0.15, 0.2) is 52.5 Å². The smallest absolute Gasteiger partial charge is 0.271 e. The Bertz CT molecular complexity index is 1060. The number of sulfonamides is 1. The third-order valence-corrected chi connectivity index (χ3v) is 7.21. The number of aromatic hydroxyl groups is 1. The Kier molecular flexibility index (Phi) is 7.29. The lowest BCUT2D eigenvalue weighted by atomic mass is 10.2. The van der Waals surface area contributed by atoms with Crippen LogP contribution in [0.3, 0.4) is 0 Å². The number of hydrazone groups is 1. The van der Waals surface area contributed by atoms with Crippen molar-refractivity contribution in [3.8, 4) is 5.75 Å². The molecule has 0 spiro atoms. The molecule has 1 fully saturated rings. The van der Waals surface area contributed by atoms with E-state index in [-0.39, 0.29) is 16.2 Å². The Morgan fingerprint density at radius 1 is 1.16 bits per heavy atom. The molecule has 9 heteroatoms. The average Bonchev–Trinajstić information content (AvgIpc) is 3.32. The fourth-order valence-electron chi connectivity index (χ4n) is 3.53. The zero-order valence-corrected chi connectivity index (χ0v) is 18.6. The summed E-state index contributed by atoms with van der Waals surface area (Å²) in [5.41, 5.74) is 3.94. The van der Waals surface area contributed by atoms with E-state index in [4.69, 9.17) is 0 Å². The van der Waals surface area contributed by atoms with E-state index in [9.17, 15) is 18.3 Å². The number of benzene rings is 2. The molecule has 0 aromatic heterocycles. The van der Waals surface area contributed by atoms with Crippen molar-refractivity contribution >= 4 is 27.8 Å². The molecular formula is C22H28N4O4S. The van der Waals surface area contributed by atoms with Crippen molar-refractivity contribution in [3.05, 3.63) is 53.6 Å². The number of hydrogen-bond acceptors (Lipinski definition) is 6. The molecule has 0 unspecified atom stereocenters. The lowest BCUT2D eigenvalue weighted by Crippen LogP contribution is -2.28. The van der Waals surface area contributed by atoms with Crippen LogP contribution in [-0.2, 0) is 10.0 Å². The summed E-state index contributed by atoms with van der Waals surface area (Å²) in [5.74, 6) is -0.477. The normalized spacial score (nSPS) is 14.8. The standard InChI is InChI=1S/C22H28N4O4S/c1-3-25(4-2)19-11-10-18(21(27)15-19)16-23-24-22(28)17-8-7-9-20(14-17)31(29,30)26-12-5-6-13-26/h7-11,14-16,27H,3-6,12-13H2,1-2H3,(H,24,28)/b23-16+. The first-order valence-corrected chi connectivity index (χ1v) is 11.8. The molecule has 1 heterocycles. The van der Waals surface area contributed by atoms with Crippen LogP contribution in [0.4, 0.5) is 5.69 Å². The van der Waals surface area contributed by atoms with Gasteiger partial charge in [-0.1, -0.05) is 6.07 Å². The van der Waals surface area contributed by atoms with Crippen molar-refractivity contribution in [1.29, 1.82) is 0 Å². The summed E-state index contributed by atoms with van der Waals surface area (Å²) in [5, 5.41) is 14.1. The van der Waals surface area contributed by atoms with E-state index in [1.54, 1.807) is 18.2 Å². The maximum atomic E-state index is 12.7. The van der Waals surface area contributed by atoms with Crippen LogP contribution in [-0.4, -0.2) is 56.1 Å². The zero-order valence-electron chi connectivity index (χ0n) is 17.8. The molecule has 1 aliphatic rings. The van der Waals surface area contributed by atoms with E-state index in [0.29, 0.717) is 18.7 Å². The number of rotatable bonds is 8. The fraction of sp³-hybridized carbons (Fsp3) is 0.364. The Morgan fingerprint density at radius 3 is 2.52 bits per heavy atom. The van der Waals surface area contributed by atoms with E-state index >= 15 is 0 Å². The number of amides is 1. The molecule has 1 aliphatic heterocycles. The minimum absolute atomic E-state index is 0.0566. The van der Waals surface area contributed by atoms with Crippen LogP contribution in [0.1, 0.15) is 42.6 Å². The van der Waals surface area contributed by atoms with Gasteiger partial charge in [0.1, 0.15) is 5.75 Å². The molecule has 2 aromatic carbocycles. The number of phenolic OH excluding ortho intramolecular Hbond substituents is 1. The second-order valence-corrected chi connectivity index (χ2v) is 9.19. The lowest BCUT2D eigenvalue weighted by Gasteiger charge is -2.21. The summed E-state index contributed by atoms with van der Waals surface area (Å²) in [7, 11) is -3.60. The Labute approximate surface area is 183 Å². The molecule has 0 saturated carbocycles. The summed E-state index contributed by atoms with van der Waals surface area (Å²) >= 11 is 0. The Morgan fingerprint density at radius 2 is 1.87 bits per heavy atom. The number of hydrogen-bond donors (Lipinski definition) is 2. The van der Waals surface area contributed by atoms with Crippen LogP contribution in [0, 0.1) is 0 Å². The summed E-state index contributed by atoms with van der Waals surface area (Å²) < 4.78 is 26.8. The van der Waals surface area contributed by atoms with E-state index in [1.165, 1.54) is 28.7 Å². The van der Waals surface area contributed by atoms with E-state index < -0.39 is 15.9 Å². The molecule has 1 saturated heterocycles. The summed E-state index contributed by atoms with van der Waals surface area (Å²) in [6.45, 7) is 6.73. The molecule has 0 atom stereocenters. The monoisotopic (exact) mass is 444 g/mol. The molecule has 8 nitrogen and oxygen atoms in total. The van der Waals surface area contributed by atoms with E-state index in [2.05, 4.69) is 15.4 Å². The molecule has 0 aliphatic carbocycles. The highest BCUT2D eigenvalue weighted by Crippen LogP contribution is 2.24. The number of nitrogens with one attached hydrogen (secondary N) is 1. The second-order valence-electron chi connectivity index (χ2n) is 7.25. The van der Waals surface area contributed by atoms with Crippen LogP contribution >= 0.6 is 0 Å². The van der Waals surface area contributed by atoms with Gasteiger partial charge in [0.15, 0.2) is 0 Å². The molecule has 2 aromatic rings. The highest BCUT2D eigenvalue weighted by Gasteiger charge is 2.27. The lowest BCUT2D eigenvalue weighted by molar-refractivity contribution is 0.0955. The molecule has 0 radical (unpaired) electrons. The molecule has 1 amide bonds. The first-order valence-electron chi connectivity index (χ1n) is 10.4. The largest absolute Gasteiger partial charge is 0.507 e. The number of carbonyl (C=O) groups is 1. The third-order valence-electron chi connectivity index (χ3n) is 5.31. The van der Waals surface area contributed by atoms with Gasteiger partial charge in [-0.25, -0.2) is 13.8 Å². The number of anilines is 1. The summed E-state index contributed by atoms with van der Waals surface area (Å²) in [6.07, 6.45) is 3.04. The quantitative estimate of drug-likeness (QED) is 0.482. The van der Waals surface area contributed by atoms with Crippen LogP contribution in [0.5, 0.6) is 5.75 Å². The first kappa shape index (κ1) is 22.8. The molecular weight excluding hydrogens is 416 g/mol. The highest BCUT2D eigenvalue weighted by molar-refractivity contribution is 7.89. The average molecular weight is 445 g/mol. The highest BCUT2D eigenvalue weighted by atomic mass is 32.2. The molecule has 3 rings (SSSR count). The molecule has 0 bridgehead atoms. The maximum absolute atomic E-state index is 12.7. The van der Waals surface area contributed by atoms with Gasteiger partial charge in [0.25, 0.3) is 5.91 Å². The molecule has 2 N–H and O–H groups in total. The van der Waals surface area contributed by atoms with Gasteiger partial charge in [-0.2, -0.15) is 9.41 Å². The van der Waals surface area contributed by atoms with Gasteiger partial charge >= 0.3 is 0 Å². The molecule has 166 valence electrons. The Hall–Kier alpha value is -2.91.